The van der Waals surface area contributed by atoms with Gasteiger partial charge >= 0.3 is 0 Å². The summed E-state index contributed by atoms with van der Waals surface area (Å²) < 4.78 is 31.4. The molecular weight excluding hydrogens is 412 g/mol. The first-order chi connectivity index (χ1) is 14.8. The summed E-state index contributed by atoms with van der Waals surface area (Å²) in [4.78, 5) is 12.1. The van der Waals surface area contributed by atoms with Crippen molar-refractivity contribution < 1.29 is 17.9 Å². The van der Waals surface area contributed by atoms with Gasteiger partial charge in [0.25, 0.3) is 0 Å². The summed E-state index contributed by atoms with van der Waals surface area (Å²) in [5.74, 6) is 0.634. The van der Waals surface area contributed by atoms with E-state index in [-0.39, 0.29) is 18.9 Å². The lowest BCUT2D eigenvalue weighted by Gasteiger charge is -2.22. The number of sulfonamides is 1. The van der Waals surface area contributed by atoms with Crippen molar-refractivity contribution in [1.82, 2.24) is 5.32 Å². The van der Waals surface area contributed by atoms with Gasteiger partial charge in [-0.25, -0.2) is 8.42 Å². The average molecular weight is 441 g/mol. The van der Waals surface area contributed by atoms with Crippen LogP contribution in [0.15, 0.2) is 66.7 Å². The second kappa shape index (κ2) is 10.3. The van der Waals surface area contributed by atoms with E-state index >= 15 is 0 Å². The Morgan fingerprint density at radius 3 is 2.52 bits per heavy atom. The smallest absolute Gasteiger partial charge is 0.232 e. The van der Waals surface area contributed by atoms with E-state index in [1.807, 2.05) is 67.6 Å². The van der Waals surface area contributed by atoms with Crippen LogP contribution >= 0.6 is 0 Å². The summed E-state index contributed by atoms with van der Waals surface area (Å²) >= 11 is 0. The van der Waals surface area contributed by atoms with E-state index in [1.54, 1.807) is 6.07 Å². The quantitative estimate of drug-likeness (QED) is 0.485. The zero-order valence-electron chi connectivity index (χ0n) is 17.9. The Morgan fingerprint density at radius 2 is 1.77 bits per heavy atom. The lowest BCUT2D eigenvalue weighted by molar-refractivity contribution is -0.121. The average Bonchev–Trinajstić information content (AvgIpc) is 2.73. The number of rotatable bonds is 10. The molecule has 0 heterocycles. The highest BCUT2D eigenvalue weighted by Gasteiger charge is 2.17. The zero-order chi connectivity index (χ0) is 22.3. The van der Waals surface area contributed by atoms with Crippen LogP contribution in [-0.2, 0) is 14.8 Å². The SMILES string of the molecule is Cc1cccc(N(CCCC(=O)NCCOc2ccc3ccccc3c2)S(C)(=O)=O)c1. The molecule has 0 aliphatic carbocycles. The third-order valence-corrected chi connectivity index (χ3v) is 6.06. The monoisotopic (exact) mass is 440 g/mol. The van der Waals surface area contributed by atoms with Crippen molar-refractivity contribution in [3.05, 3.63) is 72.3 Å². The van der Waals surface area contributed by atoms with E-state index in [4.69, 9.17) is 4.74 Å². The van der Waals surface area contributed by atoms with Gasteiger partial charge in [-0.2, -0.15) is 0 Å². The minimum Gasteiger partial charge on any atom is -0.492 e. The number of hydrogen-bond acceptors (Lipinski definition) is 4. The van der Waals surface area contributed by atoms with Gasteiger partial charge in [-0.3, -0.25) is 9.10 Å². The van der Waals surface area contributed by atoms with Gasteiger partial charge in [-0.15, -0.1) is 0 Å². The molecule has 0 radical (unpaired) electrons. The van der Waals surface area contributed by atoms with Crippen molar-refractivity contribution in [2.24, 2.45) is 0 Å². The number of carbonyl (C=O) groups is 1. The zero-order valence-corrected chi connectivity index (χ0v) is 18.7. The molecule has 1 amide bonds. The van der Waals surface area contributed by atoms with Crippen molar-refractivity contribution >= 4 is 32.4 Å². The summed E-state index contributed by atoms with van der Waals surface area (Å²) in [6, 6.07) is 21.3. The molecule has 0 aliphatic rings. The van der Waals surface area contributed by atoms with Crippen LogP contribution in [0.3, 0.4) is 0 Å². The van der Waals surface area contributed by atoms with Crippen LogP contribution in [0.25, 0.3) is 10.8 Å². The number of aryl methyl sites for hydroxylation is 1. The molecule has 0 saturated heterocycles. The Morgan fingerprint density at radius 1 is 1.00 bits per heavy atom. The number of fused-ring (bicyclic) bond motifs is 1. The fourth-order valence-corrected chi connectivity index (χ4v) is 4.31. The first kappa shape index (κ1) is 22.6. The number of carbonyl (C=O) groups excluding carboxylic acids is 1. The summed E-state index contributed by atoms with van der Waals surface area (Å²) in [6.45, 7) is 2.92. The molecule has 3 rings (SSSR count). The molecular formula is C24H28N2O4S. The summed E-state index contributed by atoms with van der Waals surface area (Å²) in [5.41, 5.74) is 1.60. The molecule has 0 aromatic heterocycles. The minimum absolute atomic E-state index is 0.125. The lowest BCUT2D eigenvalue weighted by Crippen LogP contribution is -2.33. The number of anilines is 1. The Hall–Kier alpha value is -3.06. The van der Waals surface area contributed by atoms with Crippen molar-refractivity contribution in [2.45, 2.75) is 19.8 Å². The molecule has 1 N–H and O–H groups in total. The van der Waals surface area contributed by atoms with Crippen molar-refractivity contribution in [2.75, 3.05) is 30.3 Å². The molecule has 0 unspecified atom stereocenters. The Balaban J connectivity index is 1.42. The molecule has 0 aliphatic heterocycles. The molecule has 164 valence electrons. The lowest BCUT2D eigenvalue weighted by atomic mass is 10.1. The molecule has 0 spiro atoms. The minimum atomic E-state index is -3.42. The Bertz CT molecular complexity index is 1150. The molecule has 6 nitrogen and oxygen atoms in total. The Labute approximate surface area is 183 Å². The van der Waals surface area contributed by atoms with Gasteiger partial charge in [-0.05, 0) is 53.9 Å². The maximum absolute atomic E-state index is 12.2. The van der Waals surface area contributed by atoms with Gasteiger partial charge in [0.15, 0.2) is 0 Å². The van der Waals surface area contributed by atoms with Crippen LogP contribution in [0.1, 0.15) is 18.4 Å². The van der Waals surface area contributed by atoms with Gasteiger partial charge in [0.2, 0.25) is 15.9 Å². The van der Waals surface area contributed by atoms with Crippen molar-refractivity contribution in [3.8, 4) is 5.75 Å². The van der Waals surface area contributed by atoms with Gasteiger partial charge < -0.3 is 10.1 Å². The van der Waals surface area contributed by atoms with Gasteiger partial charge in [-0.1, -0.05) is 42.5 Å². The highest BCUT2D eigenvalue weighted by Crippen LogP contribution is 2.21. The van der Waals surface area contributed by atoms with E-state index in [0.717, 1.165) is 22.1 Å². The highest BCUT2D eigenvalue weighted by molar-refractivity contribution is 7.92. The van der Waals surface area contributed by atoms with Crippen LogP contribution in [0.4, 0.5) is 5.69 Å². The standard InChI is InChI=1S/C24H28N2O4S/c1-19-7-5-10-22(17-19)26(31(2,28)29)15-6-11-24(27)25-14-16-30-23-13-12-20-8-3-4-9-21(20)18-23/h3-5,7-10,12-13,17-18H,6,11,14-16H2,1-2H3,(H,25,27). The van der Waals surface area contributed by atoms with E-state index in [2.05, 4.69) is 5.32 Å². The van der Waals surface area contributed by atoms with Gasteiger partial charge in [0, 0.05) is 13.0 Å². The summed E-state index contributed by atoms with van der Waals surface area (Å²) in [6.07, 6.45) is 1.85. The second-order valence-electron chi connectivity index (χ2n) is 7.49. The molecule has 0 atom stereocenters. The molecule has 3 aromatic rings. The number of nitrogens with zero attached hydrogens (tertiary/aromatic N) is 1. The van der Waals surface area contributed by atoms with Crippen LogP contribution in [0.5, 0.6) is 5.75 Å². The van der Waals surface area contributed by atoms with E-state index in [0.29, 0.717) is 25.3 Å². The Kier molecular flexibility index (Phi) is 7.52. The van der Waals surface area contributed by atoms with Crippen molar-refractivity contribution in [3.63, 3.8) is 0 Å². The van der Waals surface area contributed by atoms with Crippen molar-refractivity contribution in [1.29, 1.82) is 0 Å². The third kappa shape index (κ3) is 6.72. The fraction of sp³-hybridized carbons (Fsp3) is 0.292. The van der Waals surface area contributed by atoms with E-state index < -0.39 is 10.0 Å². The highest BCUT2D eigenvalue weighted by atomic mass is 32.2. The fourth-order valence-electron chi connectivity index (χ4n) is 3.36. The van der Waals surface area contributed by atoms with Gasteiger partial charge in [0.1, 0.15) is 12.4 Å². The predicted octanol–water partition coefficient (Wildman–Crippen LogP) is 3.89. The number of benzene rings is 3. The summed E-state index contributed by atoms with van der Waals surface area (Å²) in [5, 5.41) is 5.07. The molecule has 0 saturated carbocycles. The number of hydrogen-bond donors (Lipinski definition) is 1. The summed E-state index contributed by atoms with van der Waals surface area (Å²) in [7, 11) is -3.42. The topological polar surface area (TPSA) is 75.7 Å². The van der Waals surface area contributed by atoms with E-state index in [9.17, 15) is 13.2 Å². The van der Waals surface area contributed by atoms with Crippen LogP contribution in [0, 0.1) is 6.92 Å². The molecule has 3 aromatic carbocycles. The van der Waals surface area contributed by atoms with Crippen LogP contribution < -0.4 is 14.4 Å². The number of ether oxygens (including phenoxy) is 1. The van der Waals surface area contributed by atoms with Gasteiger partial charge in [0.05, 0.1) is 18.5 Å². The molecule has 0 bridgehead atoms. The molecule has 0 fully saturated rings. The normalized spacial score (nSPS) is 11.3. The third-order valence-electron chi connectivity index (χ3n) is 4.87. The predicted molar refractivity (Wildman–Crippen MR) is 125 cm³/mol. The van der Waals surface area contributed by atoms with Crippen LogP contribution in [0.2, 0.25) is 0 Å². The number of amides is 1. The van der Waals surface area contributed by atoms with Crippen LogP contribution in [-0.4, -0.2) is 40.3 Å². The first-order valence-electron chi connectivity index (χ1n) is 10.3. The maximum Gasteiger partial charge on any atom is 0.232 e. The molecule has 7 heteroatoms. The second-order valence-corrected chi connectivity index (χ2v) is 9.39. The molecule has 31 heavy (non-hydrogen) atoms. The maximum atomic E-state index is 12.2. The van der Waals surface area contributed by atoms with E-state index in [1.165, 1.54) is 10.6 Å². The largest absolute Gasteiger partial charge is 0.492 e. The first-order valence-corrected chi connectivity index (χ1v) is 12.1. The number of nitrogens with one attached hydrogen (secondary N) is 1.